The van der Waals surface area contributed by atoms with Gasteiger partial charge in [0, 0.05) is 12.2 Å². The Balaban J connectivity index is 2.72. The van der Waals surface area contributed by atoms with E-state index in [1.807, 2.05) is 13.0 Å². The predicted octanol–water partition coefficient (Wildman–Crippen LogP) is 2.20. The summed E-state index contributed by atoms with van der Waals surface area (Å²) in [6.07, 6.45) is 7.86. The first-order valence-corrected chi connectivity index (χ1v) is 4.64. The molecular formula is C10H18N2. The number of likely N-dealkylation sites (tertiary alicyclic amines) is 1. The van der Waals surface area contributed by atoms with Gasteiger partial charge >= 0.3 is 0 Å². The molecule has 2 nitrogen and oxygen atoms in total. The Kier molecular flexibility index (Phi) is 3.20. The second-order valence-corrected chi connectivity index (χ2v) is 3.10. The minimum atomic E-state index is 0.891. The molecule has 0 unspecified atom stereocenters. The average Bonchev–Trinajstić information content (AvgIpc) is 2.16. The minimum absolute atomic E-state index is 0.891. The van der Waals surface area contributed by atoms with Gasteiger partial charge in [0.15, 0.2) is 0 Å². The van der Waals surface area contributed by atoms with Gasteiger partial charge in [-0.15, -0.1) is 0 Å². The fourth-order valence-corrected chi connectivity index (χ4v) is 1.61. The van der Waals surface area contributed by atoms with Crippen LogP contribution in [0.3, 0.4) is 0 Å². The van der Waals surface area contributed by atoms with E-state index in [0.717, 1.165) is 12.4 Å². The highest BCUT2D eigenvalue weighted by atomic mass is 15.2. The molecular weight excluding hydrogens is 148 g/mol. The third kappa shape index (κ3) is 1.81. The molecule has 0 aromatic rings. The molecule has 12 heavy (non-hydrogen) atoms. The first-order valence-electron chi connectivity index (χ1n) is 4.64. The van der Waals surface area contributed by atoms with Gasteiger partial charge in [-0.25, -0.2) is 0 Å². The minimum Gasteiger partial charge on any atom is -0.385 e. The van der Waals surface area contributed by atoms with Crippen LogP contribution in [-0.4, -0.2) is 11.4 Å². The summed E-state index contributed by atoms with van der Waals surface area (Å²) in [6.45, 7) is 5.14. The predicted molar refractivity (Wildman–Crippen MR) is 52.3 cm³/mol. The molecule has 0 aromatic carbocycles. The molecule has 0 bridgehead atoms. The lowest BCUT2D eigenvalue weighted by molar-refractivity contribution is 0.348. The van der Waals surface area contributed by atoms with Crippen LogP contribution in [0.2, 0.25) is 0 Å². The zero-order chi connectivity index (χ0) is 8.97. The first-order chi connectivity index (χ1) is 5.79. The van der Waals surface area contributed by atoms with Crippen LogP contribution in [0, 0.1) is 0 Å². The molecule has 1 rings (SSSR count). The Bertz CT molecular complexity index is 204. The van der Waals surface area contributed by atoms with Crippen molar-refractivity contribution in [3.63, 3.8) is 0 Å². The van der Waals surface area contributed by atoms with Gasteiger partial charge in [-0.3, -0.25) is 0 Å². The smallest absolute Gasteiger partial charge is 0.0984 e. The molecule has 2 heteroatoms. The molecule has 0 spiro atoms. The Morgan fingerprint density at radius 3 is 2.75 bits per heavy atom. The third-order valence-corrected chi connectivity index (χ3v) is 2.35. The fraction of sp³-hybridized carbons (Fsp3) is 0.600. The summed E-state index contributed by atoms with van der Waals surface area (Å²) in [6, 6.07) is 0. The maximum atomic E-state index is 5.86. The Labute approximate surface area is 74.7 Å². The maximum Gasteiger partial charge on any atom is 0.0984 e. The molecule has 1 aliphatic rings. The van der Waals surface area contributed by atoms with Crippen molar-refractivity contribution in [1.82, 2.24) is 4.90 Å². The van der Waals surface area contributed by atoms with Gasteiger partial charge in [-0.1, -0.05) is 6.08 Å². The molecule has 1 aliphatic heterocycles. The van der Waals surface area contributed by atoms with E-state index < -0.39 is 0 Å². The average molecular weight is 166 g/mol. The van der Waals surface area contributed by atoms with Crippen LogP contribution in [0.25, 0.3) is 0 Å². The topological polar surface area (TPSA) is 29.3 Å². The van der Waals surface area contributed by atoms with E-state index in [-0.39, 0.29) is 0 Å². The standard InChI is InChI=1S/C10H18N2/c1-3-9-7-5-6-8-12(9)10(11)4-2/h3-4H,5-8,11H2,1-2H3/b9-3+,10-4-. The summed E-state index contributed by atoms with van der Waals surface area (Å²) in [4.78, 5) is 2.21. The van der Waals surface area contributed by atoms with E-state index in [4.69, 9.17) is 5.73 Å². The van der Waals surface area contributed by atoms with Crippen molar-refractivity contribution < 1.29 is 0 Å². The van der Waals surface area contributed by atoms with Crippen molar-refractivity contribution in [3.05, 3.63) is 23.7 Å². The summed E-state index contributed by atoms with van der Waals surface area (Å²) >= 11 is 0. The lowest BCUT2D eigenvalue weighted by atomic mass is 10.1. The monoisotopic (exact) mass is 166 g/mol. The van der Waals surface area contributed by atoms with Crippen LogP contribution in [-0.2, 0) is 0 Å². The highest BCUT2D eigenvalue weighted by Gasteiger charge is 2.14. The zero-order valence-corrected chi connectivity index (χ0v) is 8.01. The second-order valence-electron chi connectivity index (χ2n) is 3.10. The molecule has 0 amide bonds. The second kappa shape index (κ2) is 4.19. The van der Waals surface area contributed by atoms with Crippen molar-refractivity contribution in [1.29, 1.82) is 0 Å². The fourth-order valence-electron chi connectivity index (χ4n) is 1.61. The highest BCUT2D eigenvalue weighted by Crippen LogP contribution is 2.22. The molecule has 2 N–H and O–H groups in total. The third-order valence-electron chi connectivity index (χ3n) is 2.35. The van der Waals surface area contributed by atoms with E-state index in [2.05, 4.69) is 17.9 Å². The number of nitrogens with zero attached hydrogens (tertiary/aromatic N) is 1. The number of hydrogen-bond donors (Lipinski definition) is 1. The normalized spacial score (nSPS) is 23.3. The van der Waals surface area contributed by atoms with Crippen molar-refractivity contribution in [2.24, 2.45) is 5.73 Å². The van der Waals surface area contributed by atoms with Crippen molar-refractivity contribution >= 4 is 0 Å². The number of piperidine rings is 1. The molecule has 0 aliphatic carbocycles. The maximum absolute atomic E-state index is 5.86. The van der Waals surface area contributed by atoms with Crippen LogP contribution in [0.15, 0.2) is 23.7 Å². The van der Waals surface area contributed by atoms with Gasteiger partial charge in [-0.05, 0) is 39.2 Å². The molecule has 0 saturated carbocycles. The summed E-state index contributed by atoms with van der Waals surface area (Å²) in [5.74, 6) is 0.891. The number of hydrogen-bond acceptors (Lipinski definition) is 2. The number of rotatable bonds is 1. The van der Waals surface area contributed by atoms with Gasteiger partial charge < -0.3 is 10.6 Å². The van der Waals surface area contributed by atoms with E-state index in [0.29, 0.717) is 0 Å². The Morgan fingerprint density at radius 2 is 2.17 bits per heavy atom. The lowest BCUT2D eigenvalue weighted by Crippen LogP contribution is -2.30. The van der Waals surface area contributed by atoms with Gasteiger partial charge in [-0.2, -0.15) is 0 Å². The van der Waals surface area contributed by atoms with E-state index in [1.165, 1.54) is 25.0 Å². The van der Waals surface area contributed by atoms with Crippen molar-refractivity contribution in [2.45, 2.75) is 33.1 Å². The number of nitrogens with two attached hydrogens (primary N) is 1. The summed E-state index contributed by atoms with van der Waals surface area (Å²) < 4.78 is 0. The molecule has 1 saturated heterocycles. The summed E-state index contributed by atoms with van der Waals surface area (Å²) in [7, 11) is 0. The molecule has 1 fully saturated rings. The highest BCUT2D eigenvalue weighted by molar-refractivity contribution is 5.11. The summed E-state index contributed by atoms with van der Waals surface area (Å²) in [5, 5.41) is 0. The van der Waals surface area contributed by atoms with Crippen LogP contribution >= 0.6 is 0 Å². The summed E-state index contributed by atoms with van der Waals surface area (Å²) in [5.41, 5.74) is 7.23. The van der Waals surface area contributed by atoms with Gasteiger partial charge in [0.25, 0.3) is 0 Å². The van der Waals surface area contributed by atoms with Gasteiger partial charge in [0.2, 0.25) is 0 Å². The van der Waals surface area contributed by atoms with Crippen molar-refractivity contribution in [2.75, 3.05) is 6.54 Å². The van der Waals surface area contributed by atoms with Gasteiger partial charge in [0.05, 0.1) is 5.82 Å². The molecule has 0 radical (unpaired) electrons. The lowest BCUT2D eigenvalue weighted by Gasteiger charge is -2.31. The molecule has 0 atom stereocenters. The van der Waals surface area contributed by atoms with Gasteiger partial charge in [0.1, 0.15) is 0 Å². The van der Waals surface area contributed by atoms with Crippen molar-refractivity contribution in [3.8, 4) is 0 Å². The molecule has 68 valence electrons. The van der Waals surface area contributed by atoms with Crippen LogP contribution < -0.4 is 5.73 Å². The Hall–Kier alpha value is -0.920. The largest absolute Gasteiger partial charge is 0.385 e. The van der Waals surface area contributed by atoms with Crippen LogP contribution in [0.4, 0.5) is 0 Å². The quantitative estimate of drug-likeness (QED) is 0.647. The zero-order valence-electron chi connectivity index (χ0n) is 8.01. The van der Waals surface area contributed by atoms with E-state index in [1.54, 1.807) is 0 Å². The molecule has 1 heterocycles. The first kappa shape index (κ1) is 9.17. The SMILES string of the molecule is C/C=C(/N)N1CCCC/C1=C\C. The number of allylic oxidation sites excluding steroid dienone is 3. The van der Waals surface area contributed by atoms with Crippen LogP contribution in [0.1, 0.15) is 33.1 Å². The van der Waals surface area contributed by atoms with Crippen LogP contribution in [0.5, 0.6) is 0 Å². The Morgan fingerprint density at radius 1 is 1.42 bits per heavy atom. The molecule has 0 aromatic heterocycles. The van der Waals surface area contributed by atoms with E-state index >= 15 is 0 Å². The van der Waals surface area contributed by atoms with E-state index in [9.17, 15) is 0 Å².